The molecule has 0 radical (unpaired) electrons. The first-order valence-electron chi connectivity index (χ1n) is 5.64. The Morgan fingerprint density at radius 1 is 1.13 bits per heavy atom. The summed E-state index contributed by atoms with van der Waals surface area (Å²) in [4.78, 5) is 10.7. The van der Waals surface area contributed by atoms with Gasteiger partial charge in [-0.1, -0.05) is 12.1 Å². The molecule has 0 aromatic heterocycles. The van der Waals surface area contributed by atoms with E-state index in [9.17, 15) is 4.79 Å². The maximum Gasteiger partial charge on any atom is 0.150 e. The Morgan fingerprint density at radius 3 is 2.20 bits per heavy atom. The molecule has 0 N–H and O–H groups in total. The van der Waals surface area contributed by atoms with Crippen LogP contribution in [0.2, 0.25) is 0 Å². The van der Waals surface area contributed by atoms with Crippen LogP contribution in [-0.4, -0.2) is 25.9 Å². The van der Waals surface area contributed by atoms with Crippen molar-refractivity contribution in [2.75, 3.05) is 19.6 Å². The summed E-state index contributed by atoms with van der Waals surface area (Å²) in [5.74, 6) is 0. The third kappa shape index (κ3) is 2.26. The van der Waals surface area contributed by atoms with Crippen molar-refractivity contribution in [3.8, 4) is 0 Å². The van der Waals surface area contributed by atoms with Gasteiger partial charge in [0.2, 0.25) is 0 Å². The Bertz CT molecular complexity index is 321. The summed E-state index contributed by atoms with van der Waals surface area (Å²) >= 11 is 0. The molecule has 15 heavy (non-hydrogen) atoms. The smallest absolute Gasteiger partial charge is 0.150 e. The fraction of sp³-hybridized carbons (Fsp3) is 0.462. The van der Waals surface area contributed by atoms with Gasteiger partial charge in [0.05, 0.1) is 19.6 Å². The molecule has 0 amide bonds. The zero-order valence-corrected chi connectivity index (χ0v) is 9.86. The molecule has 0 bridgehead atoms. The summed E-state index contributed by atoms with van der Waals surface area (Å²) in [6.45, 7) is 9.78. The summed E-state index contributed by atoms with van der Waals surface area (Å²) in [6.07, 6.45) is 0.916. The Kier molecular flexibility index (Phi) is 4.04. The van der Waals surface area contributed by atoms with Crippen LogP contribution in [0.1, 0.15) is 31.1 Å². The molecular formula is C13H20NO+. The van der Waals surface area contributed by atoms with Gasteiger partial charge in [0.25, 0.3) is 0 Å². The van der Waals surface area contributed by atoms with Gasteiger partial charge in [-0.3, -0.25) is 9.28 Å². The van der Waals surface area contributed by atoms with Crippen LogP contribution in [0.3, 0.4) is 0 Å². The van der Waals surface area contributed by atoms with E-state index in [0.717, 1.165) is 36.0 Å². The molecule has 2 nitrogen and oxygen atoms in total. The molecule has 0 fully saturated rings. The molecule has 0 aliphatic heterocycles. The monoisotopic (exact) mass is 206 g/mol. The lowest BCUT2D eigenvalue weighted by atomic mass is 10.1. The van der Waals surface area contributed by atoms with E-state index >= 15 is 0 Å². The minimum absolute atomic E-state index is 0.769. The number of rotatable bonds is 5. The van der Waals surface area contributed by atoms with Crippen molar-refractivity contribution in [3.05, 3.63) is 29.8 Å². The summed E-state index contributed by atoms with van der Waals surface area (Å²) in [5, 5.41) is 0. The Morgan fingerprint density at radius 2 is 1.73 bits per heavy atom. The highest BCUT2D eigenvalue weighted by molar-refractivity contribution is 5.76. The first kappa shape index (κ1) is 11.9. The second kappa shape index (κ2) is 5.08. The molecule has 1 aromatic rings. The van der Waals surface area contributed by atoms with E-state index in [0.29, 0.717) is 0 Å². The second-order valence-electron chi connectivity index (χ2n) is 3.81. The number of carbonyl (C=O) groups excluding carboxylic acids is 1. The van der Waals surface area contributed by atoms with Crippen molar-refractivity contribution in [1.29, 1.82) is 0 Å². The molecule has 0 aliphatic rings. The van der Waals surface area contributed by atoms with Gasteiger partial charge in [-0.25, -0.2) is 0 Å². The number of hydrogen-bond donors (Lipinski definition) is 0. The topological polar surface area (TPSA) is 17.1 Å². The van der Waals surface area contributed by atoms with Gasteiger partial charge in [0, 0.05) is 11.6 Å². The van der Waals surface area contributed by atoms with Crippen molar-refractivity contribution in [3.63, 3.8) is 0 Å². The second-order valence-corrected chi connectivity index (χ2v) is 3.81. The molecule has 1 aromatic carbocycles. The average molecular weight is 206 g/mol. The molecule has 0 heterocycles. The number of benzene rings is 1. The standard InChI is InChI=1S/C13H20NO/c1-4-14(5-2,6-3)13-9-7-8-12(10-13)11-15/h7-11H,4-6H2,1-3H3/q+1. The highest BCUT2D eigenvalue weighted by atomic mass is 16.1. The van der Waals surface area contributed by atoms with E-state index < -0.39 is 0 Å². The van der Waals surface area contributed by atoms with E-state index in [2.05, 4.69) is 26.8 Å². The van der Waals surface area contributed by atoms with Crippen molar-refractivity contribution in [1.82, 2.24) is 4.48 Å². The predicted molar refractivity (Wildman–Crippen MR) is 65.2 cm³/mol. The van der Waals surface area contributed by atoms with Crippen LogP contribution >= 0.6 is 0 Å². The van der Waals surface area contributed by atoms with Crippen LogP contribution in [0, 0.1) is 0 Å². The minimum Gasteiger partial charge on any atom is -0.298 e. The fourth-order valence-corrected chi connectivity index (χ4v) is 2.11. The zero-order valence-electron chi connectivity index (χ0n) is 9.86. The lowest BCUT2D eigenvalue weighted by Gasteiger charge is -2.35. The van der Waals surface area contributed by atoms with Crippen LogP contribution < -0.4 is 4.48 Å². The SMILES string of the molecule is CC[N+](CC)(CC)c1cccc(C=O)c1. The number of hydrogen-bond acceptors (Lipinski definition) is 1. The third-order valence-corrected chi connectivity index (χ3v) is 3.37. The minimum atomic E-state index is 0.769. The number of carbonyl (C=O) groups is 1. The van der Waals surface area contributed by atoms with Gasteiger partial charge in [-0.2, -0.15) is 0 Å². The van der Waals surface area contributed by atoms with E-state index in [1.165, 1.54) is 5.69 Å². The van der Waals surface area contributed by atoms with Gasteiger partial charge >= 0.3 is 0 Å². The molecule has 0 saturated heterocycles. The molecule has 0 spiro atoms. The highest BCUT2D eigenvalue weighted by Gasteiger charge is 2.23. The van der Waals surface area contributed by atoms with E-state index in [4.69, 9.17) is 0 Å². The van der Waals surface area contributed by atoms with Crippen LogP contribution in [0.25, 0.3) is 0 Å². The van der Waals surface area contributed by atoms with Crippen molar-refractivity contribution in [2.24, 2.45) is 0 Å². The van der Waals surface area contributed by atoms with Gasteiger partial charge in [0.15, 0.2) is 0 Å². The van der Waals surface area contributed by atoms with Crippen LogP contribution in [0.15, 0.2) is 24.3 Å². The average Bonchev–Trinajstić information content (AvgIpc) is 2.32. The van der Waals surface area contributed by atoms with Crippen LogP contribution in [0.4, 0.5) is 5.69 Å². The lowest BCUT2D eigenvalue weighted by Crippen LogP contribution is -2.48. The van der Waals surface area contributed by atoms with E-state index in [-0.39, 0.29) is 0 Å². The van der Waals surface area contributed by atoms with Crippen molar-refractivity contribution >= 4 is 12.0 Å². The molecule has 1 rings (SSSR count). The first-order valence-corrected chi connectivity index (χ1v) is 5.64. The quantitative estimate of drug-likeness (QED) is 0.535. The maximum absolute atomic E-state index is 10.7. The number of aldehydes is 1. The Labute approximate surface area is 92.1 Å². The Balaban J connectivity index is 3.16. The molecule has 0 atom stereocenters. The molecule has 0 unspecified atom stereocenters. The van der Waals surface area contributed by atoms with Gasteiger partial charge in [0.1, 0.15) is 12.0 Å². The highest BCUT2D eigenvalue weighted by Crippen LogP contribution is 2.23. The first-order chi connectivity index (χ1) is 7.22. The van der Waals surface area contributed by atoms with Gasteiger partial charge < -0.3 is 0 Å². The van der Waals surface area contributed by atoms with Crippen molar-refractivity contribution in [2.45, 2.75) is 20.8 Å². The van der Waals surface area contributed by atoms with Gasteiger partial charge in [-0.05, 0) is 26.8 Å². The largest absolute Gasteiger partial charge is 0.298 e. The normalized spacial score (nSPS) is 11.4. The fourth-order valence-electron chi connectivity index (χ4n) is 2.11. The number of nitrogens with zero attached hydrogens (tertiary/aromatic N) is 1. The molecule has 82 valence electrons. The van der Waals surface area contributed by atoms with Crippen LogP contribution in [-0.2, 0) is 0 Å². The maximum atomic E-state index is 10.7. The molecule has 0 saturated carbocycles. The molecule has 2 heteroatoms. The molecular weight excluding hydrogens is 186 g/mol. The lowest BCUT2D eigenvalue weighted by molar-refractivity contribution is 0.112. The third-order valence-electron chi connectivity index (χ3n) is 3.37. The predicted octanol–water partition coefficient (Wildman–Crippen LogP) is 2.87. The zero-order chi connectivity index (χ0) is 11.3. The van der Waals surface area contributed by atoms with Crippen LogP contribution in [0.5, 0.6) is 0 Å². The summed E-state index contributed by atoms with van der Waals surface area (Å²) in [7, 11) is 0. The number of quaternary nitrogens is 1. The van der Waals surface area contributed by atoms with Crippen molar-refractivity contribution < 1.29 is 4.79 Å². The summed E-state index contributed by atoms with van der Waals surface area (Å²) in [5.41, 5.74) is 2.01. The molecule has 0 aliphatic carbocycles. The summed E-state index contributed by atoms with van der Waals surface area (Å²) < 4.78 is 0.946. The van der Waals surface area contributed by atoms with E-state index in [1.807, 2.05) is 18.2 Å². The summed E-state index contributed by atoms with van der Waals surface area (Å²) in [6, 6.07) is 7.94. The van der Waals surface area contributed by atoms with E-state index in [1.54, 1.807) is 0 Å². The Hall–Kier alpha value is -1.15. The van der Waals surface area contributed by atoms with Gasteiger partial charge in [-0.15, -0.1) is 0 Å².